The number of rotatable bonds is 8. The van der Waals surface area contributed by atoms with Gasteiger partial charge < -0.3 is 15.2 Å². The number of piperidine rings is 1. The molecule has 2 unspecified atom stereocenters. The quantitative estimate of drug-likeness (QED) is 0.700. The Morgan fingerprint density at radius 3 is 2.69 bits per heavy atom. The molecule has 1 saturated carbocycles. The Kier molecular flexibility index (Phi) is 6.21. The number of aromatic nitrogens is 3. The highest BCUT2D eigenvalue weighted by Crippen LogP contribution is 2.40. The lowest BCUT2D eigenvalue weighted by atomic mass is 10.00. The van der Waals surface area contributed by atoms with Gasteiger partial charge in [0.1, 0.15) is 5.82 Å². The van der Waals surface area contributed by atoms with Gasteiger partial charge in [0, 0.05) is 31.5 Å². The molecule has 0 aromatic carbocycles. The summed E-state index contributed by atoms with van der Waals surface area (Å²) in [7, 11) is 0. The van der Waals surface area contributed by atoms with E-state index in [1.165, 1.54) is 18.2 Å². The van der Waals surface area contributed by atoms with Crippen molar-refractivity contribution in [3.63, 3.8) is 0 Å². The summed E-state index contributed by atoms with van der Waals surface area (Å²) in [5.41, 5.74) is 5.32. The topological polar surface area (TPSA) is 94.1 Å². The van der Waals surface area contributed by atoms with Crippen molar-refractivity contribution in [1.29, 1.82) is 0 Å². The number of amides is 2. The highest BCUT2D eigenvalue weighted by molar-refractivity contribution is 8.00. The molecule has 2 aliphatic rings. The molecule has 2 amide bonds. The third-order valence-corrected chi connectivity index (χ3v) is 6.35. The molecule has 0 radical (unpaired) electrons. The Hall–Kier alpha value is -1.57. The average Bonchev–Trinajstić information content (AvgIpc) is 3.41. The molecule has 3 rings (SSSR count). The second-order valence-corrected chi connectivity index (χ2v) is 8.64. The Bertz CT molecular complexity index is 658. The highest BCUT2D eigenvalue weighted by Gasteiger charge is 2.33. The van der Waals surface area contributed by atoms with E-state index in [9.17, 15) is 9.59 Å². The first-order valence-electron chi connectivity index (χ1n) is 9.69. The third-order valence-electron chi connectivity index (χ3n) is 5.28. The molecule has 0 spiro atoms. The van der Waals surface area contributed by atoms with Crippen LogP contribution in [0.4, 0.5) is 0 Å². The molecular weight excluding hydrogens is 350 g/mol. The molecule has 1 aromatic heterocycles. The molecule has 2 fully saturated rings. The Morgan fingerprint density at radius 1 is 1.27 bits per heavy atom. The van der Waals surface area contributed by atoms with Crippen LogP contribution in [0.3, 0.4) is 0 Å². The summed E-state index contributed by atoms with van der Waals surface area (Å²) in [5, 5.41) is 9.15. The summed E-state index contributed by atoms with van der Waals surface area (Å²) in [4.78, 5) is 26.2. The molecule has 2 N–H and O–H groups in total. The van der Waals surface area contributed by atoms with Gasteiger partial charge in [-0.05, 0) is 45.4 Å². The number of primary amides is 1. The smallest absolute Gasteiger partial charge is 0.236 e. The largest absolute Gasteiger partial charge is 0.370 e. The number of hydrogen-bond donors (Lipinski definition) is 1. The second kappa shape index (κ2) is 8.41. The minimum atomic E-state index is -0.334. The number of hydrogen-bond acceptors (Lipinski definition) is 5. The zero-order valence-corrected chi connectivity index (χ0v) is 16.5. The van der Waals surface area contributed by atoms with Crippen LogP contribution in [-0.4, -0.2) is 49.3 Å². The van der Waals surface area contributed by atoms with E-state index in [4.69, 9.17) is 5.73 Å². The molecular formula is C18H29N5O2S. The van der Waals surface area contributed by atoms with Crippen molar-refractivity contribution in [2.75, 3.05) is 6.54 Å². The summed E-state index contributed by atoms with van der Waals surface area (Å²) < 4.78 is 1.99. The summed E-state index contributed by atoms with van der Waals surface area (Å²) in [6.07, 6.45) is 6.87. The van der Waals surface area contributed by atoms with Gasteiger partial charge in [-0.2, -0.15) is 0 Å². The molecule has 7 nitrogen and oxygen atoms in total. The van der Waals surface area contributed by atoms with E-state index in [2.05, 4.69) is 17.1 Å². The van der Waals surface area contributed by atoms with Crippen LogP contribution in [0, 0.1) is 0 Å². The number of nitrogens with zero attached hydrogens (tertiary/aromatic N) is 4. The fraction of sp³-hybridized carbons (Fsp3) is 0.778. The number of carbonyl (C=O) groups excluding carboxylic acids is 2. The van der Waals surface area contributed by atoms with Crippen molar-refractivity contribution < 1.29 is 9.59 Å². The zero-order valence-electron chi connectivity index (χ0n) is 15.7. The zero-order chi connectivity index (χ0) is 18.7. The van der Waals surface area contributed by atoms with Gasteiger partial charge in [-0.15, -0.1) is 10.2 Å². The minimum absolute atomic E-state index is 0.180. The van der Waals surface area contributed by atoms with E-state index in [0.717, 1.165) is 49.6 Å². The Balaban J connectivity index is 1.70. The van der Waals surface area contributed by atoms with Gasteiger partial charge in [0.2, 0.25) is 11.8 Å². The van der Waals surface area contributed by atoms with E-state index >= 15 is 0 Å². The van der Waals surface area contributed by atoms with E-state index < -0.39 is 0 Å². The van der Waals surface area contributed by atoms with Crippen molar-refractivity contribution in [3.05, 3.63) is 5.82 Å². The molecule has 26 heavy (non-hydrogen) atoms. The van der Waals surface area contributed by atoms with Crippen molar-refractivity contribution in [2.24, 2.45) is 5.73 Å². The van der Waals surface area contributed by atoms with E-state index in [0.29, 0.717) is 18.5 Å². The normalized spacial score (nSPS) is 21.6. The number of nitrogens with two attached hydrogens (primary N) is 1. The van der Waals surface area contributed by atoms with Gasteiger partial charge in [-0.25, -0.2) is 0 Å². The van der Waals surface area contributed by atoms with Crippen LogP contribution in [0.5, 0.6) is 0 Å². The SMILES string of the molecule is CCC1CCCCN1C(=O)C(C)Sc1nnc(C2CC2)n1CCC(N)=O. The highest BCUT2D eigenvalue weighted by atomic mass is 32.2. The maximum atomic E-state index is 13.0. The van der Waals surface area contributed by atoms with Crippen LogP contribution in [0.2, 0.25) is 0 Å². The van der Waals surface area contributed by atoms with Crippen LogP contribution in [0.15, 0.2) is 5.16 Å². The predicted molar refractivity (Wildman–Crippen MR) is 101 cm³/mol. The van der Waals surface area contributed by atoms with Crippen LogP contribution >= 0.6 is 11.8 Å². The lowest BCUT2D eigenvalue weighted by molar-refractivity contribution is -0.134. The fourth-order valence-electron chi connectivity index (χ4n) is 3.62. The van der Waals surface area contributed by atoms with E-state index in [1.807, 2.05) is 16.4 Å². The van der Waals surface area contributed by atoms with E-state index in [-0.39, 0.29) is 23.5 Å². The molecule has 1 saturated heterocycles. The van der Waals surface area contributed by atoms with E-state index in [1.54, 1.807) is 0 Å². The number of thioether (sulfide) groups is 1. The van der Waals surface area contributed by atoms with Crippen LogP contribution in [0.1, 0.15) is 70.5 Å². The van der Waals surface area contributed by atoms with Gasteiger partial charge in [-0.1, -0.05) is 18.7 Å². The summed E-state index contributed by atoms with van der Waals surface area (Å²) in [6.45, 7) is 5.43. The first-order valence-corrected chi connectivity index (χ1v) is 10.6. The molecule has 1 aliphatic carbocycles. The van der Waals surface area contributed by atoms with Gasteiger partial charge in [-0.3, -0.25) is 9.59 Å². The van der Waals surface area contributed by atoms with Crippen molar-refractivity contribution >= 4 is 23.6 Å². The summed E-state index contributed by atoms with van der Waals surface area (Å²) in [5.74, 6) is 1.21. The Morgan fingerprint density at radius 2 is 2.04 bits per heavy atom. The standard InChI is InChI=1S/C18H29N5O2S/c1-3-14-6-4-5-10-22(14)17(25)12(2)26-18-21-20-16(13-7-8-13)23(18)11-9-15(19)24/h12-14H,3-11H2,1-2H3,(H2,19,24). The van der Waals surface area contributed by atoms with Crippen molar-refractivity contribution in [1.82, 2.24) is 19.7 Å². The first kappa shape index (κ1) is 19.2. The maximum absolute atomic E-state index is 13.0. The van der Waals surface area contributed by atoms with Crippen LogP contribution in [0.25, 0.3) is 0 Å². The van der Waals surface area contributed by atoms with Crippen molar-refractivity contribution in [2.45, 2.75) is 87.7 Å². The Labute approximate surface area is 159 Å². The van der Waals surface area contributed by atoms with Gasteiger partial charge in [0.15, 0.2) is 5.16 Å². The lowest BCUT2D eigenvalue weighted by Gasteiger charge is -2.36. The molecule has 144 valence electrons. The maximum Gasteiger partial charge on any atom is 0.236 e. The van der Waals surface area contributed by atoms with Crippen LogP contribution in [-0.2, 0) is 16.1 Å². The molecule has 2 heterocycles. The number of likely N-dealkylation sites (tertiary alicyclic amines) is 1. The monoisotopic (exact) mass is 379 g/mol. The van der Waals surface area contributed by atoms with Crippen molar-refractivity contribution in [3.8, 4) is 0 Å². The van der Waals surface area contributed by atoms with Gasteiger partial charge >= 0.3 is 0 Å². The van der Waals surface area contributed by atoms with Gasteiger partial charge in [0.25, 0.3) is 0 Å². The fourth-order valence-corrected chi connectivity index (χ4v) is 4.57. The third kappa shape index (κ3) is 4.39. The summed E-state index contributed by atoms with van der Waals surface area (Å²) >= 11 is 1.45. The number of carbonyl (C=O) groups is 2. The van der Waals surface area contributed by atoms with Crippen LogP contribution < -0.4 is 5.73 Å². The minimum Gasteiger partial charge on any atom is -0.370 e. The summed E-state index contributed by atoms with van der Waals surface area (Å²) in [6, 6.07) is 0.356. The second-order valence-electron chi connectivity index (χ2n) is 7.33. The predicted octanol–water partition coefficient (Wildman–Crippen LogP) is 2.30. The molecule has 0 bridgehead atoms. The van der Waals surface area contributed by atoms with Gasteiger partial charge in [0.05, 0.1) is 5.25 Å². The average molecular weight is 380 g/mol. The molecule has 2 atom stereocenters. The lowest BCUT2D eigenvalue weighted by Crippen LogP contribution is -2.46. The molecule has 1 aromatic rings. The molecule has 1 aliphatic heterocycles. The first-order chi connectivity index (χ1) is 12.5. The molecule has 8 heteroatoms.